The Kier molecular flexibility index (Phi) is 3.93. The van der Waals surface area contributed by atoms with Crippen LogP contribution in [0.4, 0.5) is 0 Å². The number of hydrogen-bond donors (Lipinski definition) is 0. The molecule has 0 bridgehead atoms. The molecule has 2 aromatic rings. The first-order valence-electron chi connectivity index (χ1n) is 9.72. The van der Waals surface area contributed by atoms with Gasteiger partial charge in [0.1, 0.15) is 0 Å². The Morgan fingerprint density at radius 3 is 2.24 bits per heavy atom. The van der Waals surface area contributed by atoms with Crippen molar-refractivity contribution < 1.29 is 4.11 Å². The van der Waals surface area contributed by atoms with Gasteiger partial charge in [-0.2, -0.15) is 0 Å². The Morgan fingerprint density at radius 2 is 1.52 bits per heavy atom. The molecule has 0 spiro atoms. The van der Waals surface area contributed by atoms with E-state index in [2.05, 4.69) is 12.1 Å². The lowest BCUT2D eigenvalue weighted by atomic mass is 9.84. The Labute approximate surface area is 133 Å². The van der Waals surface area contributed by atoms with E-state index in [0.717, 1.165) is 5.56 Å². The fourth-order valence-electron chi connectivity index (χ4n) is 3.19. The Hall–Kier alpha value is -1.56. The third-order valence-corrected chi connectivity index (χ3v) is 4.44. The highest BCUT2D eigenvalue weighted by molar-refractivity contribution is 5.26. The summed E-state index contributed by atoms with van der Waals surface area (Å²) in [5.74, 6) is 0.634. The highest BCUT2D eigenvalue weighted by atomic mass is 14.2. The second-order valence-corrected chi connectivity index (χ2v) is 6.00. The van der Waals surface area contributed by atoms with Crippen LogP contribution < -0.4 is 0 Å². The molecule has 2 aromatic carbocycles. The molecule has 110 valence electrons. The van der Waals surface area contributed by atoms with Gasteiger partial charge in [-0.3, -0.25) is 0 Å². The third-order valence-electron chi connectivity index (χ3n) is 4.44. The van der Waals surface area contributed by atoms with Gasteiger partial charge in [0.15, 0.2) is 0 Å². The highest BCUT2D eigenvalue weighted by Gasteiger charge is 2.14. The van der Waals surface area contributed by atoms with Crippen molar-refractivity contribution >= 4 is 0 Å². The summed E-state index contributed by atoms with van der Waals surface area (Å²) in [5.41, 5.74) is 2.97. The van der Waals surface area contributed by atoms with E-state index in [0.29, 0.717) is 17.9 Å². The minimum absolute atomic E-state index is 0.429. The van der Waals surface area contributed by atoms with Crippen molar-refractivity contribution in [1.82, 2.24) is 0 Å². The summed E-state index contributed by atoms with van der Waals surface area (Å²) in [5, 5.41) is 0. The Balaban J connectivity index is 1.71. The maximum absolute atomic E-state index is 8.42. The summed E-state index contributed by atoms with van der Waals surface area (Å²) in [6.45, 7) is 0. The Morgan fingerprint density at radius 1 is 0.810 bits per heavy atom. The third kappa shape index (κ3) is 4.20. The van der Waals surface area contributed by atoms with E-state index < -0.39 is 12.8 Å². The van der Waals surface area contributed by atoms with Gasteiger partial charge in [0.25, 0.3) is 0 Å². The van der Waals surface area contributed by atoms with Gasteiger partial charge in [-0.15, -0.1) is 0 Å². The normalized spacial score (nSPS) is 20.3. The quantitative estimate of drug-likeness (QED) is 0.639. The van der Waals surface area contributed by atoms with Crippen LogP contribution in [0.2, 0.25) is 0 Å². The van der Waals surface area contributed by atoms with E-state index in [9.17, 15) is 0 Å². The topological polar surface area (TPSA) is 0 Å². The Bertz CT molecular complexity index is 628. The van der Waals surface area contributed by atoms with Crippen LogP contribution in [0.5, 0.6) is 0 Å². The van der Waals surface area contributed by atoms with Crippen LogP contribution in [0.1, 0.15) is 65.2 Å². The summed E-state index contributed by atoms with van der Waals surface area (Å²) in [6.07, 6.45) is 4.44. The molecule has 1 unspecified atom stereocenters. The largest absolute Gasteiger partial charge is 0.0622 e. The molecular formula is C21H26. The zero-order valence-electron chi connectivity index (χ0n) is 15.6. The van der Waals surface area contributed by atoms with Crippen LogP contribution in [0.3, 0.4) is 0 Å². The summed E-state index contributed by atoms with van der Waals surface area (Å²) < 4.78 is 25.2. The second kappa shape index (κ2) is 7.45. The molecule has 1 aliphatic carbocycles. The lowest BCUT2D eigenvalue weighted by molar-refractivity contribution is 0.443. The van der Waals surface area contributed by atoms with Gasteiger partial charge >= 0.3 is 0 Å². The molecule has 0 aliphatic heterocycles. The maximum Gasteiger partial charge on any atom is 0.0316 e. The van der Waals surface area contributed by atoms with Crippen molar-refractivity contribution in [3.63, 3.8) is 0 Å². The fourth-order valence-corrected chi connectivity index (χ4v) is 3.19. The minimum atomic E-state index is -1.64. The summed E-state index contributed by atoms with van der Waals surface area (Å²) in [4.78, 5) is 0. The van der Waals surface area contributed by atoms with E-state index in [-0.39, 0.29) is 0 Å². The van der Waals surface area contributed by atoms with Crippen LogP contribution in [0, 0.1) is 0 Å². The van der Waals surface area contributed by atoms with Crippen molar-refractivity contribution in [2.45, 2.75) is 57.2 Å². The van der Waals surface area contributed by atoms with Gasteiger partial charge in [-0.1, -0.05) is 73.9 Å². The maximum atomic E-state index is 8.42. The number of benzene rings is 2. The lowest BCUT2D eigenvalue weighted by Gasteiger charge is -2.22. The van der Waals surface area contributed by atoms with E-state index in [1.807, 2.05) is 42.5 Å². The first-order valence-corrected chi connectivity index (χ1v) is 8.14. The zero-order chi connectivity index (χ0) is 17.0. The predicted octanol–water partition coefficient (Wildman–Crippen LogP) is 5.91. The number of rotatable bonds is 5. The molecule has 0 N–H and O–H groups in total. The van der Waals surface area contributed by atoms with Crippen LogP contribution in [0.25, 0.3) is 0 Å². The van der Waals surface area contributed by atoms with Gasteiger partial charge in [0.2, 0.25) is 0 Å². The van der Waals surface area contributed by atoms with Gasteiger partial charge in [-0.05, 0) is 54.6 Å². The van der Waals surface area contributed by atoms with E-state index in [1.165, 1.54) is 37.7 Å². The van der Waals surface area contributed by atoms with E-state index in [1.54, 1.807) is 0 Å². The van der Waals surface area contributed by atoms with Crippen molar-refractivity contribution in [1.29, 1.82) is 0 Å². The van der Waals surface area contributed by atoms with Crippen LogP contribution >= 0.6 is 0 Å². The van der Waals surface area contributed by atoms with Crippen molar-refractivity contribution in [2.75, 3.05) is 0 Å². The monoisotopic (exact) mass is 281 g/mol. The van der Waals surface area contributed by atoms with Gasteiger partial charge in [0, 0.05) is 4.11 Å². The molecule has 0 heteroatoms. The summed E-state index contributed by atoms with van der Waals surface area (Å²) >= 11 is 0. The molecule has 0 saturated heterocycles. The summed E-state index contributed by atoms with van der Waals surface area (Å²) in [7, 11) is 0. The predicted molar refractivity (Wildman–Crippen MR) is 90.7 cm³/mol. The number of hydrogen-bond acceptors (Lipinski definition) is 0. The van der Waals surface area contributed by atoms with Crippen molar-refractivity contribution in [2.24, 2.45) is 0 Å². The first kappa shape index (κ1) is 11.1. The standard InChI is InChI=1S/C21H26/c1-3-8-18(9-4-1)10-7-11-19-14-16-21(17-15-19)20-12-5-2-6-13-20/h1,3-4,8-9,14-17,20H,2,5-7,10-13H2/i7D,11D2. The molecule has 0 amide bonds. The van der Waals surface area contributed by atoms with Crippen LogP contribution in [0.15, 0.2) is 54.6 Å². The van der Waals surface area contributed by atoms with E-state index >= 15 is 0 Å². The van der Waals surface area contributed by atoms with Gasteiger partial charge < -0.3 is 0 Å². The zero-order valence-corrected chi connectivity index (χ0v) is 12.6. The van der Waals surface area contributed by atoms with Crippen LogP contribution in [-0.2, 0) is 12.8 Å². The SMILES string of the molecule is [2H]C(Cc1ccccc1)C([2H])([2H])c1ccc(C2CCCCC2)cc1. The first-order chi connectivity index (χ1) is 11.6. The molecule has 0 aromatic heterocycles. The average Bonchev–Trinajstić information content (AvgIpc) is 2.63. The van der Waals surface area contributed by atoms with Crippen LogP contribution in [-0.4, -0.2) is 0 Å². The molecule has 0 radical (unpaired) electrons. The lowest BCUT2D eigenvalue weighted by Crippen LogP contribution is -2.04. The van der Waals surface area contributed by atoms with Gasteiger partial charge in [0.05, 0.1) is 0 Å². The molecule has 1 saturated carbocycles. The molecule has 0 heterocycles. The summed E-state index contributed by atoms with van der Waals surface area (Å²) in [6, 6.07) is 17.7. The molecule has 21 heavy (non-hydrogen) atoms. The molecule has 1 fully saturated rings. The van der Waals surface area contributed by atoms with E-state index in [4.69, 9.17) is 4.11 Å². The van der Waals surface area contributed by atoms with Crippen molar-refractivity contribution in [3.8, 4) is 0 Å². The molecule has 1 aliphatic rings. The van der Waals surface area contributed by atoms with Crippen molar-refractivity contribution in [3.05, 3.63) is 71.3 Å². The highest BCUT2D eigenvalue weighted by Crippen LogP contribution is 2.32. The average molecular weight is 281 g/mol. The molecule has 3 rings (SSSR count). The van der Waals surface area contributed by atoms with Gasteiger partial charge in [-0.25, -0.2) is 0 Å². The smallest absolute Gasteiger partial charge is 0.0316 e. The molecular weight excluding hydrogens is 252 g/mol. The number of aryl methyl sites for hydroxylation is 2. The second-order valence-electron chi connectivity index (χ2n) is 6.00. The molecule has 0 nitrogen and oxygen atoms in total. The minimum Gasteiger partial charge on any atom is -0.0622 e. The fraction of sp³-hybridized carbons (Fsp3) is 0.429. The molecule has 1 atom stereocenters.